The van der Waals surface area contributed by atoms with Crippen LogP contribution in [0.1, 0.15) is 132 Å². The molecule has 2 aromatic carbocycles. The summed E-state index contributed by atoms with van der Waals surface area (Å²) >= 11 is 0. The second-order valence-corrected chi connectivity index (χ2v) is 17.4. The zero-order chi connectivity index (χ0) is 35.5. The summed E-state index contributed by atoms with van der Waals surface area (Å²) in [4.78, 5) is 38.9. The maximum Gasteiger partial charge on any atom is 0.250 e. The summed E-state index contributed by atoms with van der Waals surface area (Å²) in [5.41, 5.74) is 7.09. The van der Waals surface area contributed by atoms with E-state index in [-0.39, 0.29) is 11.8 Å². The van der Waals surface area contributed by atoms with Gasteiger partial charge in [0.2, 0.25) is 11.7 Å². The van der Waals surface area contributed by atoms with Gasteiger partial charge in [-0.1, -0.05) is 13.8 Å². The predicted molar refractivity (Wildman–Crippen MR) is 189 cm³/mol. The second-order valence-electron chi connectivity index (χ2n) is 17.4. The Balaban J connectivity index is 1.88. The first kappa shape index (κ1) is 33.4. The summed E-state index contributed by atoms with van der Waals surface area (Å²) in [5.74, 6) is 0.493. The quantitative estimate of drug-likeness (QED) is 0.290. The Hall–Kier alpha value is -3.48. The molecule has 7 nitrogen and oxygen atoms in total. The van der Waals surface area contributed by atoms with Gasteiger partial charge in [0.25, 0.3) is 5.91 Å². The highest BCUT2D eigenvalue weighted by molar-refractivity contribution is 6.06. The summed E-state index contributed by atoms with van der Waals surface area (Å²) in [6, 6.07) is 0. The molecule has 0 bridgehead atoms. The fourth-order valence-corrected chi connectivity index (χ4v) is 9.74. The molecule has 1 fully saturated rings. The van der Waals surface area contributed by atoms with E-state index in [9.17, 15) is 0 Å². The van der Waals surface area contributed by atoms with Crippen LogP contribution in [0.25, 0.3) is 10.9 Å². The summed E-state index contributed by atoms with van der Waals surface area (Å²) < 4.78 is 12.8. The second kappa shape index (κ2) is 9.15. The number of benzene rings is 2. The van der Waals surface area contributed by atoms with Gasteiger partial charge in [0.1, 0.15) is 16.6 Å². The molecule has 0 saturated carbocycles. The molecule has 4 heterocycles. The molecule has 1 N–H and O–H groups in total. The Morgan fingerprint density at radius 3 is 1.66 bits per heavy atom. The number of ether oxygens (including phenoxy) is 2. The molecule has 0 unspecified atom stereocenters. The van der Waals surface area contributed by atoms with Crippen LogP contribution in [0.2, 0.25) is 0 Å². The van der Waals surface area contributed by atoms with Crippen molar-refractivity contribution in [3.63, 3.8) is 0 Å². The molecule has 3 aromatic rings. The van der Waals surface area contributed by atoms with Crippen molar-refractivity contribution in [3.05, 3.63) is 55.8 Å². The Bertz CT molecular complexity index is 1950. The van der Waals surface area contributed by atoms with Gasteiger partial charge in [-0.3, -0.25) is 9.59 Å². The van der Waals surface area contributed by atoms with Gasteiger partial charge in [0.15, 0.2) is 11.5 Å². The van der Waals surface area contributed by atoms with Crippen LogP contribution >= 0.6 is 0 Å². The minimum absolute atomic E-state index is 0.0436. The van der Waals surface area contributed by atoms with Crippen molar-refractivity contribution < 1.29 is 19.1 Å². The number of H-pyrrole nitrogens is 1. The Morgan fingerprint density at radius 1 is 0.617 bits per heavy atom. The lowest BCUT2D eigenvalue weighted by molar-refractivity contribution is -0.200. The van der Waals surface area contributed by atoms with Crippen molar-refractivity contribution in [1.29, 1.82) is 0 Å². The smallest absolute Gasteiger partial charge is 0.250 e. The van der Waals surface area contributed by atoms with Crippen LogP contribution in [0.15, 0.2) is 0 Å². The summed E-state index contributed by atoms with van der Waals surface area (Å²) in [6.07, 6.45) is 0. The lowest BCUT2D eigenvalue weighted by atomic mass is 9.56. The van der Waals surface area contributed by atoms with Crippen molar-refractivity contribution in [1.82, 2.24) is 14.8 Å². The predicted octanol–water partition coefficient (Wildman–Crippen LogP) is 8.40. The number of carbonyl (C=O) groups excluding carboxylic acids is 2. The first-order valence-electron chi connectivity index (χ1n) is 17.1. The third kappa shape index (κ3) is 3.69. The van der Waals surface area contributed by atoms with Gasteiger partial charge in [-0.05, 0) is 141 Å². The molecule has 2 atom stereocenters. The number of aromatic amines is 1. The lowest BCUT2D eigenvalue weighted by Gasteiger charge is -2.68. The third-order valence-electron chi connectivity index (χ3n) is 12.6. The van der Waals surface area contributed by atoms with Crippen LogP contribution in [-0.4, -0.2) is 49.0 Å². The molecule has 1 saturated heterocycles. The zero-order valence-corrected chi connectivity index (χ0v) is 32.0. The van der Waals surface area contributed by atoms with Crippen LogP contribution in [-0.2, 0) is 20.5 Å². The standard InChI is InChI=1S/C40H55N3O4/c1-19-20(2)23(5)29-26(21(19)3)28-32(41-29)39(17,27-22(4)24(6)30-31(25(27)7)47-38(15,16)46-30)43-33(44)37(13,14)42(35(8,9)10)34(45)40(43,18)36(28,11)12/h41H,1-18H3/t39-,40+/m1/s1. The van der Waals surface area contributed by atoms with E-state index in [0.717, 1.165) is 50.2 Å². The van der Waals surface area contributed by atoms with E-state index >= 15 is 9.59 Å². The summed E-state index contributed by atoms with van der Waals surface area (Å²) in [5, 5.41) is 1.15. The maximum atomic E-state index is 15.6. The molecule has 0 spiro atoms. The van der Waals surface area contributed by atoms with Crippen LogP contribution in [0.3, 0.4) is 0 Å². The molecule has 7 heteroatoms. The minimum atomic E-state index is -1.24. The number of aryl methyl sites for hydroxylation is 2. The fraction of sp³-hybridized carbons (Fsp3) is 0.600. The monoisotopic (exact) mass is 641 g/mol. The highest BCUT2D eigenvalue weighted by atomic mass is 16.7. The fourth-order valence-electron chi connectivity index (χ4n) is 9.74. The molecule has 0 radical (unpaired) electrons. The summed E-state index contributed by atoms with van der Waals surface area (Å²) in [6.45, 7) is 37.2. The van der Waals surface area contributed by atoms with Crippen LogP contribution in [0, 0.1) is 48.5 Å². The normalized spacial score (nSPS) is 25.8. The van der Waals surface area contributed by atoms with E-state index in [1.165, 1.54) is 22.3 Å². The molecule has 0 aliphatic carbocycles. The first-order chi connectivity index (χ1) is 21.2. The number of hydrogen-bond acceptors (Lipinski definition) is 4. The van der Waals surface area contributed by atoms with Crippen molar-refractivity contribution >= 4 is 22.7 Å². The topological polar surface area (TPSA) is 74.9 Å². The van der Waals surface area contributed by atoms with Crippen LogP contribution in [0.4, 0.5) is 0 Å². The number of hydrogen-bond donors (Lipinski definition) is 1. The van der Waals surface area contributed by atoms with Crippen molar-refractivity contribution in [2.45, 2.75) is 158 Å². The average molecular weight is 642 g/mol. The maximum absolute atomic E-state index is 15.6. The minimum Gasteiger partial charge on any atom is -0.449 e. The number of aromatic nitrogens is 1. The average Bonchev–Trinajstić information content (AvgIpc) is 3.51. The number of fused-ring (bicyclic) bond motifs is 5. The SMILES string of the molecule is Cc1c(C)c([C@]2(C)c3[nH]c4c(C)c(C)c(C)c(C)c4c3C(C)(C)[C@]3(C)C(=O)N(C(C)(C)C)C(C)(C)C(=O)N23)c(C)c2c1OC(C)(C)O2. The van der Waals surface area contributed by atoms with Gasteiger partial charge in [0, 0.05) is 41.3 Å². The Labute approximate surface area is 281 Å². The van der Waals surface area contributed by atoms with E-state index in [2.05, 4.69) is 74.2 Å². The first-order valence-corrected chi connectivity index (χ1v) is 17.1. The Kier molecular flexibility index (Phi) is 6.50. The molecule has 47 heavy (non-hydrogen) atoms. The van der Waals surface area contributed by atoms with Crippen LogP contribution in [0.5, 0.6) is 11.5 Å². The molecule has 1 aromatic heterocycles. The number of nitrogens with one attached hydrogen (secondary N) is 1. The van der Waals surface area contributed by atoms with Crippen molar-refractivity contribution in [2.24, 2.45) is 0 Å². The van der Waals surface area contributed by atoms with E-state index in [0.29, 0.717) is 5.75 Å². The zero-order valence-electron chi connectivity index (χ0n) is 32.0. The van der Waals surface area contributed by atoms with Gasteiger partial charge in [-0.25, -0.2) is 0 Å². The van der Waals surface area contributed by atoms with Crippen molar-refractivity contribution in [2.75, 3.05) is 0 Å². The highest BCUT2D eigenvalue weighted by Crippen LogP contribution is 2.63. The highest BCUT2D eigenvalue weighted by Gasteiger charge is 2.72. The van der Waals surface area contributed by atoms with Gasteiger partial charge in [0.05, 0.1) is 5.69 Å². The molecule has 3 aliphatic heterocycles. The molecular weight excluding hydrogens is 586 g/mol. The number of nitrogens with zero attached hydrogens (tertiary/aromatic N) is 2. The van der Waals surface area contributed by atoms with Crippen molar-refractivity contribution in [3.8, 4) is 11.5 Å². The largest absolute Gasteiger partial charge is 0.449 e. The van der Waals surface area contributed by atoms with E-state index in [1.54, 1.807) is 0 Å². The van der Waals surface area contributed by atoms with Gasteiger partial charge in [-0.15, -0.1) is 0 Å². The number of rotatable bonds is 1. The van der Waals surface area contributed by atoms with E-state index in [1.807, 2.05) is 65.2 Å². The number of piperazine rings is 1. The molecule has 254 valence electrons. The molecular formula is C40H55N3O4. The molecule has 6 rings (SSSR count). The Morgan fingerprint density at radius 2 is 1.13 bits per heavy atom. The van der Waals surface area contributed by atoms with Crippen LogP contribution < -0.4 is 9.47 Å². The van der Waals surface area contributed by atoms with Gasteiger partial charge < -0.3 is 24.3 Å². The summed E-state index contributed by atoms with van der Waals surface area (Å²) in [7, 11) is 0. The van der Waals surface area contributed by atoms with Gasteiger partial charge in [-0.2, -0.15) is 0 Å². The molecule has 3 aliphatic rings. The van der Waals surface area contributed by atoms with E-state index < -0.39 is 33.4 Å². The number of amides is 2. The third-order valence-corrected chi connectivity index (χ3v) is 12.6. The lowest BCUT2D eigenvalue weighted by Crippen LogP contribution is -2.84. The number of carbonyl (C=O) groups is 2. The van der Waals surface area contributed by atoms with Gasteiger partial charge >= 0.3 is 0 Å². The van der Waals surface area contributed by atoms with E-state index in [4.69, 9.17) is 9.47 Å². The molecule has 2 amide bonds.